The number of hydrogen-bond donors (Lipinski definition) is 1. The van der Waals surface area contributed by atoms with Crippen LogP contribution >= 0.6 is 0 Å². The SMILES string of the molecule is CCc1ccc(C2CNCCN2C(=O)CCOCC2CCCO2)cc1. The summed E-state index contributed by atoms with van der Waals surface area (Å²) in [5.41, 5.74) is 2.53. The third-order valence-electron chi connectivity index (χ3n) is 5.12. The Bertz CT molecular complexity index is 540. The summed E-state index contributed by atoms with van der Waals surface area (Å²) < 4.78 is 11.2. The lowest BCUT2D eigenvalue weighted by Gasteiger charge is -2.36. The predicted molar refractivity (Wildman–Crippen MR) is 97.6 cm³/mol. The van der Waals surface area contributed by atoms with E-state index in [2.05, 4.69) is 36.5 Å². The maximum atomic E-state index is 12.7. The molecule has 1 aromatic rings. The molecule has 1 amide bonds. The maximum absolute atomic E-state index is 12.7. The second-order valence-electron chi connectivity index (χ2n) is 6.86. The Balaban J connectivity index is 1.51. The molecule has 0 radical (unpaired) electrons. The smallest absolute Gasteiger partial charge is 0.225 e. The number of aryl methyl sites for hydroxylation is 1. The Labute approximate surface area is 150 Å². The molecule has 5 nitrogen and oxygen atoms in total. The Morgan fingerprint density at radius 2 is 2.20 bits per heavy atom. The molecule has 0 aliphatic carbocycles. The largest absolute Gasteiger partial charge is 0.378 e. The van der Waals surface area contributed by atoms with E-state index in [4.69, 9.17) is 9.47 Å². The Hall–Kier alpha value is -1.43. The molecule has 3 rings (SSSR count). The summed E-state index contributed by atoms with van der Waals surface area (Å²) in [4.78, 5) is 14.7. The van der Waals surface area contributed by atoms with E-state index in [0.29, 0.717) is 19.6 Å². The van der Waals surface area contributed by atoms with Crippen LogP contribution in [0.25, 0.3) is 0 Å². The van der Waals surface area contributed by atoms with Crippen LogP contribution in [0.15, 0.2) is 24.3 Å². The maximum Gasteiger partial charge on any atom is 0.225 e. The first kappa shape index (κ1) is 18.4. The van der Waals surface area contributed by atoms with Crippen molar-refractivity contribution in [2.24, 2.45) is 0 Å². The minimum atomic E-state index is 0.116. The normalized spacial score (nSPS) is 23.8. The zero-order chi connectivity index (χ0) is 17.5. The van der Waals surface area contributed by atoms with Crippen LogP contribution in [-0.4, -0.2) is 56.4 Å². The van der Waals surface area contributed by atoms with Crippen molar-refractivity contribution in [2.75, 3.05) is 39.5 Å². The molecule has 2 aliphatic rings. The van der Waals surface area contributed by atoms with Gasteiger partial charge in [-0.25, -0.2) is 0 Å². The van der Waals surface area contributed by atoms with Crippen LogP contribution in [0.5, 0.6) is 0 Å². The lowest BCUT2D eigenvalue weighted by Crippen LogP contribution is -2.48. The van der Waals surface area contributed by atoms with Crippen LogP contribution in [-0.2, 0) is 20.7 Å². The molecule has 0 bridgehead atoms. The van der Waals surface area contributed by atoms with E-state index in [9.17, 15) is 4.79 Å². The first-order valence-corrected chi connectivity index (χ1v) is 9.56. The number of nitrogens with zero attached hydrogens (tertiary/aromatic N) is 1. The van der Waals surface area contributed by atoms with Gasteiger partial charge >= 0.3 is 0 Å². The molecule has 2 atom stereocenters. The standard InChI is InChI=1S/C20H30N2O3/c1-2-16-5-7-17(8-6-16)19-14-21-10-11-22(19)20(23)9-13-24-15-18-4-3-12-25-18/h5-8,18-19,21H,2-4,9-15H2,1H3. The average molecular weight is 346 g/mol. The summed E-state index contributed by atoms with van der Waals surface area (Å²) in [6.45, 7) is 6.50. The van der Waals surface area contributed by atoms with Crippen molar-refractivity contribution in [2.45, 2.75) is 44.8 Å². The van der Waals surface area contributed by atoms with E-state index in [-0.39, 0.29) is 18.1 Å². The number of benzene rings is 1. The van der Waals surface area contributed by atoms with Crippen molar-refractivity contribution in [1.82, 2.24) is 10.2 Å². The first-order chi connectivity index (χ1) is 12.3. The highest BCUT2D eigenvalue weighted by Gasteiger charge is 2.27. The average Bonchev–Trinajstić information content (AvgIpc) is 3.19. The Morgan fingerprint density at radius 3 is 2.92 bits per heavy atom. The van der Waals surface area contributed by atoms with Crippen LogP contribution in [0.4, 0.5) is 0 Å². The second kappa shape index (κ2) is 9.32. The van der Waals surface area contributed by atoms with Crippen molar-refractivity contribution >= 4 is 5.91 Å². The summed E-state index contributed by atoms with van der Waals surface area (Å²) >= 11 is 0. The van der Waals surface area contributed by atoms with Crippen LogP contribution in [0, 0.1) is 0 Å². The molecule has 1 N–H and O–H groups in total. The zero-order valence-electron chi connectivity index (χ0n) is 15.2. The van der Waals surface area contributed by atoms with Crippen LogP contribution in [0.2, 0.25) is 0 Å². The molecule has 2 aliphatic heterocycles. The van der Waals surface area contributed by atoms with Gasteiger partial charge in [0.05, 0.1) is 31.8 Å². The molecule has 0 saturated carbocycles. The van der Waals surface area contributed by atoms with Crippen LogP contribution in [0.1, 0.15) is 43.4 Å². The molecule has 2 unspecified atom stereocenters. The van der Waals surface area contributed by atoms with Gasteiger partial charge in [0, 0.05) is 26.2 Å². The lowest BCUT2D eigenvalue weighted by atomic mass is 10.0. The second-order valence-corrected chi connectivity index (χ2v) is 6.86. The van der Waals surface area contributed by atoms with Crippen molar-refractivity contribution < 1.29 is 14.3 Å². The number of piperazine rings is 1. The topological polar surface area (TPSA) is 50.8 Å². The number of amides is 1. The van der Waals surface area contributed by atoms with Crippen LogP contribution < -0.4 is 5.32 Å². The van der Waals surface area contributed by atoms with Gasteiger partial charge in [-0.15, -0.1) is 0 Å². The van der Waals surface area contributed by atoms with E-state index in [1.54, 1.807) is 0 Å². The Morgan fingerprint density at radius 1 is 1.36 bits per heavy atom. The molecule has 0 aromatic heterocycles. The summed E-state index contributed by atoms with van der Waals surface area (Å²) in [6.07, 6.45) is 3.89. The zero-order valence-corrected chi connectivity index (χ0v) is 15.2. The number of carbonyl (C=O) groups is 1. The van der Waals surface area contributed by atoms with Crippen molar-refractivity contribution in [3.05, 3.63) is 35.4 Å². The van der Waals surface area contributed by atoms with Gasteiger partial charge in [-0.2, -0.15) is 0 Å². The van der Waals surface area contributed by atoms with Crippen LogP contribution in [0.3, 0.4) is 0 Å². The minimum Gasteiger partial charge on any atom is -0.378 e. The van der Waals surface area contributed by atoms with Crippen molar-refractivity contribution in [1.29, 1.82) is 0 Å². The fourth-order valence-electron chi connectivity index (χ4n) is 3.57. The van der Waals surface area contributed by atoms with Gasteiger partial charge in [0.15, 0.2) is 0 Å². The van der Waals surface area contributed by atoms with Gasteiger partial charge in [-0.1, -0.05) is 31.2 Å². The number of hydrogen-bond acceptors (Lipinski definition) is 4. The Kier molecular flexibility index (Phi) is 6.84. The third-order valence-corrected chi connectivity index (χ3v) is 5.12. The van der Waals surface area contributed by atoms with E-state index in [1.165, 1.54) is 11.1 Å². The predicted octanol–water partition coefficient (Wildman–Crippen LogP) is 2.31. The monoisotopic (exact) mass is 346 g/mol. The summed E-state index contributed by atoms with van der Waals surface area (Å²) in [5, 5.41) is 3.41. The number of nitrogens with one attached hydrogen (secondary N) is 1. The molecular weight excluding hydrogens is 316 g/mol. The minimum absolute atomic E-state index is 0.116. The third kappa shape index (κ3) is 5.03. The number of carbonyl (C=O) groups excluding carboxylic acids is 1. The van der Waals surface area contributed by atoms with Gasteiger partial charge in [-0.3, -0.25) is 4.79 Å². The lowest BCUT2D eigenvalue weighted by molar-refractivity contribution is -0.136. The molecule has 2 fully saturated rings. The number of ether oxygens (including phenoxy) is 2. The van der Waals surface area contributed by atoms with Crippen molar-refractivity contribution in [3.63, 3.8) is 0 Å². The van der Waals surface area contributed by atoms with Gasteiger partial charge in [-0.05, 0) is 30.4 Å². The molecule has 1 aromatic carbocycles. The molecule has 138 valence electrons. The van der Waals surface area contributed by atoms with Crippen molar-refractivity contribution in [3.8, 4) is 0 Å². The molecule has 2 heterocycles. The quantitative estimate of drug-likeness (QED) is 0.770. The highest BCUT2D eigenvalue weighted by Crippen LogP contribution is 2.23. The molecule has 0 spiro atoms. The highest BCUT2D eigenvalue weighted by atomic mass is 16.5. The van der Waals surface area contributed by atoms with Gasteiger partial charge in [0.2, 0.25) is 5.91 Å². The fourth-order valence-corrected chi connectivity index (χ4v) is 3.57. The van der Waals surface area contributed by atoms with E-state index < -0.39 is 0 Å². The molecule has 25 heavy (non-hydrogen) atoms. The number of rotatable bonds is 7. The van der Waals surface area contributed by atoms with Gasteiger partial charge in [0.1, 0.15) is 0 Å². The summed E-state index contributed by atoms with van der Waals surface area (Å²) in [7, 11) is 0. The van der Waals surface area contributed by atoms with E-state index in [0.717, 1.165) is 45.5 Å². The van der Waals surface area contributed by atoms with E-state index >= 15 is 0 Å². The first-order valence-electron chi connectivity index (χ1n) is 9.56. The summed E-state index contributed by atoms with van der Waals surface area (Å²) in [6, 6.07) is 8.76. The van der Waals surface area contributed by atoms with E-state index in [1.807, 2.05) is 4.90 Å². The van der Waals surface area contributed by atoms with Gasteiger partial charge < -0.3 is 19.7 Å². The fraction of sp³-hybridized carbons (Fsp3) is 0.650. The molecular formula is C20H30N2O3. The highest BCUT2D eigenvalue weighted by molar-refractivity contribution is 5.77. The molecule has 5 heteroatoms. The summed E-state index contributed by atoms with van der Waals surface area (Å²) in [5.74, 6) is 0.179. The molecule has 2 saturated heterocycles. The van der Waals surface area contributed by atoms with Gasteiger partial charge in [0.25, 0.3) is 0 Å².